The zero-order valence-corrected chi connectivity index (χ0v) is 10.4. The number of fused-ring (bicyclic) bond motifs is 1. The number of nitrogens with one attached hydrogen (secondary N) is 1. The first-order valence-electron chi connectivity index (χ1n) is 5.87. The molecule has 0 radical (unpaired) electrons. The minimum atomic E-state index is 0.863. The van der Waals surface area contributed by atoms with Gasteiger partial charge in [0.2, 0.25) is 0 Å². The summed E-state index contributed by atoms with van der Waals surface area (Å²) in [5.74, 6) is 0.863. The molecule has 1 N–H and O–H groups in total. The van der Waals surface area contributed by atoms with Crippen LogP contribution in [0, 0.1) is 13.8 Å². The molecule has 2 heterocycles. The SMILES string of the molecule is Cc1cc(C)n(C2=CN=Cc3ccccc3N2)n1. The second kappa shape index (κ2) is 4.14. The molecule has 2 aromatic rings. The van der Waals surface area contributed by atoms with E-state index in [9.17, 15) is 0 Å². The Morgan fingerprint density at radius 1 is 1.17 bits per heavy atom. The summed E-state index contributed by atoms with van der Waals surface area (Å²) in [5, 5.41) is 7.83. The molecule has 1 aromatic carbocycles. The van der Waals surface area contributed by atoms with Crippen molar-refractivity contribution in [3.05, 3.63) is 53.5 Å². The highest BCUT2D eigenvalue weighted by Crippen LogP contribution is 2.20. The first kappa shape index (κ1) is 10.8. The Bertz CT molecular complexity index is 650. The number of anilines is 1. The smallest absolute Gasteiger partial charge is 0.150 e. The molecule has 0 unspecified atom stereocenters. The predicted molar refractivity (Wildman–Crippen MR) is 73.6 cm³/mol. The molecule has 0 saturated carbocycles. The third-order valence-electron chi connectivity index (χ3n) is 2.87. The fourth-order valence-corrected chi connectivity index (χ4v) is 2.06. The summed E-state index contributed by atoms with van der Waals surface area (Å²) in [6.07, 6.45) is 3.64. The number of hydrogen-bond acceptors (Lipinski definition) is 3. The lowest BCUT2D eigenvalue weighted by Crippen LogP contribution is -2.10. The molecule has 0 bridgehead atoms. The molecule has 1 aliphatic rings. The van der Waals surface area contributed by atoms with Crippen molar-refractivity contribution in [2.24, 2.45) is 4.99 Å². The van der Waals surface area contributed by atoms with Crippen LogP contribution in [0.3, 0.4) is 0 Å². The average Bonchev–Trinajstić information content (AvgIpc) is 2.59. The maximum absolute atomic E-state index is 4.46. The topological polar surface area (TPSA) is 42.2 Å². The second-order valence-electron chi connectivity index (χ2n) is 4.34. The standard InChI is InChI=1S/C14H14N4/c1-10-7-11(2)18(17-10)14-9-15-8-12-5-3-4-6-13(12)16-14/h3-9,16H,1-2H3. The fourth-order valence-electron chi connectivity index (χ4n) is 2.06. The monoisotopic (exact) mass is 238 g/mol. The Kier molecular flexibility index (Phi) is 2.48. The van der Waals surface area contributed by atoms with Crippen molar-refractivity contribution in [1.82, 2.24) is 9.78 Å². The van der Waals surface area contributed by atoms with E-state index in [1.807, 2.05) is 55.1 Å². The van der Waals surface area contributed by atoms with Crippen LogP contribution in [0.4, 0.5) is 5.69 Å². The van der Waals surface area contributed by atoms with E-state index in [1.165, 1.54) is 0 Å². The molecule has 0 spiro atoms. The zero-order valence-electron chi connectivity index (χ0n) is 10.4. The molecule has 0 saturated heterocycles. The van der Waals surface area contributed by atoms with Crippen LogP contribution in [0.2, 0.25) is 0 Å². The van der Waals surface area contributed by atoms with Crippen LogP contribution in [0.1, 0.15) is 17.0 Å². The van der Waals surface area contributed by atoms with Crippen molar-refractivity contribution < 1.29 is 0 Å². The average molecular weight is 238 g/mol. The van der Waals surface area contributed by atoms with Crippen molar-refractivity contribution >= 4 is 17.7 Å². The van der Waals surface area contributed by atoms with Gasteiger partial charge in [0.25, 0.3) is 0 Å². The third-order valence-corrected chi connectivity index (χ3v) is 2.87. The fraction of sp³-hybridized carbons (Fsp3) is 0.143. The highest BCUT2D eigenvalue weighted by molar-refractivity contribution is 5.91. The minimum absolute atomic E-state index is 0.863. The summed E-state index contributed by atoms with van der Waals surface area (Å²) >= 11 is 0. The Hall–Kier alpha value is -2.36. The maximum atomic E-state index is 4.46. The van der Waals surface area contributed by atoms with Crippen LogP contribution in [0.5, 0.6) is 0 Å². The van der Waals surface area contributed by atoms with Crippen molar-refractivity contribution in [1.29, 1.82) is 0 Å². The lowest BCUT2D eigenvalue weighted by atomic mass is 10.2. The molecule has 1 aromatic heterocycles. The molecule has 3 rings (SSSR count). The zero-order chi connectivity index (χ0) is 12.5. The van der Waals surface area contributed by atoms with Gasteiger partial charge < -0.3 is 5.32 Å². The minimum Gasteiger partial charge on any atom is -0.338 e. The quantitative estimate of drug-likeness (QED) is 0.830. The summed E-state index contributed by atoms with van der Waals surface area (Å²) in [6, 6.07) is 10.1. The Morgan fingerprint density at radius 3 is 2.78 bits per heavy atom. The Labute approximate surface area is 106 Å². The van der Waals surface area contributed by atoms with Gasteiger partial charge >= 0.3 is 0 Å². The summed E-state index contributed by atoms with van der Waals surface area (Å²) in [4.78, 5) is 4.31. The van der Waals surface area contributed by atoms with E-state index in [4.69, 9.17) is 0 Å². The lowest BCUT2D eigenvalue weighted by molar-refractivity contribution is 0.848. The van der Waals surface area contributed by atoms with E-state index in [0.717, 1.165) is 28.5 Å². The normalized spacial score (nSPS) is 13.6. The number of rotatable bonds is 1. The molecular weight excluding hydrogens is 224 g/mol. The molecule has 0 atom stereocenters. The summed E-state index contributed by atoms with van der Waals surface area (Å²) in [6.45, 7) is 4.01. The molecule has 0 fully saturated rings. The predicted octanol–water partition coefficient (Wildman–Crippen LogP) is 2.80. The van der Waals surface area contributed by atoms with Gasteiger partial charge in [-0.05, 0) is 26.0 Å². The van der Waals surface area contributed by atoms with Crippen molar-refractivity contribution in [2.45, 2.75) is 13.8 Å². The van der Waals surface area contributed by atoms with Crippen LogP contribution in [0.25, 0.3) is 5.82 Å². The van der Waals surface area contributed by atoms with Crippen LogP contribution in [-0.2, 0) is 0 Å². The van der Waals surface area contributed by atoms with Gasteiger partial charge in [0.05, 0.1) is 11.9 Å². The van der Waals surface area contributed by atoms with E-state index < -0.39 is 0 Å². The van der Waals surface area contributed by atoms with Crippen LogP contribution in [0.15, 0.2) is 41.5 Å². The molecule has 4 nitrogen and oxygen atoms in total. The van der Waals surface area contributed by atoms with E-state index >= 15 is 0 Å². The lowest BCUT2D eigenvalue weighted by Gasteiger charge is -2.12. The summed E-state index contributed by atoms with van der Waals surface area (Å²) < 4.78 is 1.87. The Balaban J connectivity index is 2.04. The number of para-hydroxylation sites is 1. The number of aliphatic imine (C=N–C) groups is 1. The largest absolute Gasteiger partial charge is 0.338 e. The number of benzene rings is 1. The number of aromatic nitrogens is 2. The van der Waals surface area contributed by atoms with E-state index in [2.05, 4.69) is 15.4 Å². The highest BCUT2D eigenvalue weighted by Gasteiger charge is 2.10. The molecule has 18 heavy (non-hydrogen) atoms. The molecule has 0 amide bonds. The second-order valence-corrected chi connectivity index (χ2v) is 4.34. The van der Waals surface area contributed by atoms with Gasteiger partial charge in [0, 0.05) is 23.2 Å². The Morgan fingerprint density at radius 2 is 2.00 bits per heavy atom. The van der Waals surface area contributed by atoms with Crippen LogP contribution in [-0.4, -0.2) is 16.0 Å². The van der Waals surface area contributed by atoms with Gasteiger partial charge in [-0.2, -0.15) is 5.10 Å². The van der Waals surface area contributed by atoms with Gasteiger partial charge in [0.1, 0.15) is 0 Å². The van der Waals surface area contributed by atoms with Gasteiger partial charge in [0.15, 0.2) is 5.82 Å². The highest BCUT2D eigenvalue weighted by atomic mass is 15.4. The van der Waals surface area contributed by atoms with Crippen LogP contribution < -0.4 is 5.32 Å². The van der Waals surface area contributed by atoms with Gasteiger partial charge in [-0.25, -0.2) is 4.68 Å². The summed E-state index contributed by atoms with van der Waals surface area (Å²) in [7, 11) is 0. The van der Waals surface area contributed by atoms with Gasteiger partial charge in [-0.1, -0.05) is 18.2 Å². The van der Waals surface area contributed by atoms with E-state index in [-0.39, 0.29) is 0 Å². The van der Waals surface area contributed by atoms with E-state index in [0.29, 0.717) is 0 Å². The van der Waals surface area contributed by atoms with Crippen molar-refractivity contribution in [2.75, 3.05) is 5.32 Å². The van der Waals surface area contributed by atoms with Gasteiger partial charge in [-0.15, -0.1) is 0 Å². The summed E-state index contributed by atoms with van der Waals surface area (Å²) in [5.41, 5.74) is 4.19. The molecule has 90 valence electrons. The van der Waals surface area contributed by atoms with Crippen molar-refractivity contribution in [3.63, 3.8) is 0 Å². The van der Waals surface area contributed by atoms with E-state index in [1.54, 1.807) is 6.20 Å². The molecular formula is C14H14N4. The van der Waals surface area contributed by atoms with Crippen LogP contribution >= 0.6 is 0 Å². The third kappa shape index (κ3) is 1.82. The molecule has 4 heteroatoms. The van der Waals surface area contributed by atoms with Gasteiger partial charge in [-0.3, -0.25) is 4.99 Å². The number of aryl methyl sites for hydroxylation is 2. The molecule has 1 aliphatic heterocycles. The number of nitrogens with zero attached hydrogens (tertiary/aromatic N) is 3. The maximum Gasteiger partial charge on any atom is 0.150 e. The first-order valence-corrected chi connectivity index (χ1v) is 5.87. The molecule has 0 aliphatic carbocycles. The first-order chi connectivity index (χ1) is 8.74. The number of hydrogen-bond donors (Lipinski definition) is 1. The van der Waals surface area contributed by atoms with Crippen molar-refractivity contribution in [3.8, 4) is 0 Å².